The van der Waals surface area contributed by atoms with Crippen LogP contribution < -0.4 is 0 Å². The highest BCUT2D eigenvalue weighted by atomic mass is 35.5. The summed E-state index contributed by atoms with van der Waals surface area (Å²) in [5, 5.41) is 0. The first-order valence-electron chi connectivity index (χ1n) is 4.67. The lowest BCUT2D eigenvalue weighted by molar-refractivity contribution is 0.415. The minimum absolute atomic E-state index is 0.547. The molecule has 1 aliphatic carbocycles. The summed E-state index contributed by atoms with van der Waals surface area (Å²) in [5.74, 6) is 2.60. The summed E-state index contributed by atoms with van der Waals surface area (Å²) >= 11 is 5.93. The van der Waals surface area contributed by atoms with Crippen molar-refractivity contribution in [3.05, 3.63) is 0 Å². The molecule has 1 saturated carbocycles. The first-order chi connectivity index (χ1) is 5.10. The molecule has 0 saturated heterocycles. The molecule has 0 bridgehead atoms. The quantitative estimate of drug-likeness (QED) is 0.571. The van der Waals surface area contributed by atoms with Crippen LogP contribution in [0.25, 0.3) is 0 Å². The third-order valence-corrected chi connectivity index (χ3v) is 3.62. The molecule has 0 aliphatic heterocycles. The van der Waals surface area contributed by atoms with E-state index in [0.29, 0.717) is 5.41 Å². The van der Waals surface area contributed by atoms with E-state index >= 15 is 0 Å². The average Bonchev–Trinajstić information content (AvgIpc) is 2.59. The van der Waals surface area contributed by atoms with Gasteiger partial charge in [0.2, 0.25) is 0 Å². The third kappa shape index (κ3) is 2.11. The Labute approximate surface area is 75.3 Å². The largest absolute Gasteiger partial charge is 0.126 e. The SMILES string of the molecule is CC(C)CCC1(CCl)CC1C. The molecule has 1 heteroatoms. The lowest BCUT2D eigenvalue weighted by Gasteiger charge is -2.13. The minimum atomic E-state index is 0.547. The Kier molecular flexibility index (Phi) is 2.85. The molecule has 0 amide bonds. The van der Waals surface area contributed by atoms with E-state index < -0.39 is 0 Å². The van der Waals surface area contributed by atoms with E-state index in [9.17, 15) is 0 Å². The van der Waals surface area contributed by atoms with Crippen molar-refractivity contribution in [1.29, 1.82) is 0 Å². The fraction of sp³-hybridized carbons (Fsp3) is 1.00. The first kappa shape index (κ1) is 9.38. The van der Waals surface area contributed by atoms with Gasteiger partial charge in [-0.25, -0.2) is 0 Å². The van der Waals surface area contributed by atoms with Gasteiger partial charge < -0.3 is 0 Å². The molecule has 0 N–H and O–H groups in total. The maximum Gasteiger partial charge on any atom is 0.0282 e. The Morgan fingerprint density at radius 2 is 2.09 bits per heavy atom. The van der Waals surface area contributed by atoms with Gasteiger partial charge in [-0.1, -0.05) is 27.2 Å². The molecule has 1 fully saturated rings. The fourth-order valence-corrected chi connectivity index (χ4v) is 2.23. The molecule has 0 spiro atoms. The molecule has 0 radical (unpaired) electrons. The molecular weight excluding hydrogens is 156 g/mol. The maximum atomic E-state index is 5.93. The number of rotatable bonds is 4. The van der Waals surface area contributed by atoms with Crippen LogP contribution >= 0.6 is 11.6 Å². The molecule has 1 aliphatic rings. The van der Waals surface area contributed by atoms with Crippen LogP contribution in [0.5, 0.6) is 0 Å². The van der Waals surface area contributed by atoms with Crippen molar-refractivity contribution in [3.8, 4) is 0 Å². The van der Waals surface area contributed by atoms with E-state index in [-0.39, 0.29) is 0 Å². The zero-order chi connectivity index (χ0) is 8.48. The Morgan fingerprint density at radius 3 is 2.36 bits per heavy atom. The number of hydrogen-bond donors (Lipinski definition) is 0. The van der Waals surface area contributed by atoms with E-state index in [1.807, 2.05) is 0 Å². The Bertz CT molecular complexity index is 127. The molecule has 0 aromatic carbocycles. The molecule has 2 unspecified atom stereocenters. The molecular formula is C10H19Cl. The molecule has 2 atom stereocenters. The van der Waals surface area contributed by atoms with Crippen LogP contribution in [0.15, 0.2) is 0 Å². The highest BCUT2D eigenvalue weighted by Crippen LogP contribution is 2.56. The van der Waals surface area contributed by atoms with Crippen molar-refractivity contribution in [3.63, 3.8) is 0 Å². The second kappa shape index (κ2) is 3.35. The predicted molar refractivity (Wildman–Crippen MR) is 51.0 cm³/mol. The van der Waals surface area contributed by atoms with E-state index in [0.717, 1.165) is 17.7 Å². The van der Waals surface area contributed by atoms with Crippen LogP contribution in [0.2, 0.25) is 0 Å². The third-order valence-electron chi connectivity index (χ3n) is 3.08. The van der Waals surface area contributed by atoms with Crippen molar-refractivity contribution >= 4 is 11.6 Å². The molecule has 0 nitrogen and oxygen atoms in total. The fourth-order valence-electron chi connectivity index (χ4n) is 1.73. The second-order valence-corrected chi connectivity index (χ2v) is 4.80. The number of hydrogen-bond acceptors (Lipinski definition) is 0. The summed E-state index contributed by atoms with van der Waals surface area (Å²) in [6.45, 7) is 6.90. The highest BCUT2D eigenvalue weighted by Gasteiger charge is 2.49. The van der Waals surface area contributed by atoms with Crippen molar-refractivity contribution in [2.75, 3.05) is 5.88 Å². The van der Waals surface area contributed by atoms with Gasteiger partial charge in [-0.05, 0) is 30.1 Å². The van der Waals surface area contributed by atoms with Gasteiger partial charge >= 0.3 is 0 Å². The molecule has 66 valence electrons. The maximum absolute atomic E-state index is 5.93. The van der Waals surface area contributed by atoms with Gasteiger partial charge in [-0.3, -0.25) is 0 Å². The minimum Gasteiger partial charge on any atom is -0.126 e. The van der Waals surface area contributed by atoms with Crippen molar-refractivity contribution in [2.45, 2.75) is 40.0 Å². The van der Waals surface area contributed by atoms with Gasteiger partial charge in [0.1, 0.15) is 0 Å². The topological polar surface area (TPSA) is 0 Å². The molecule has 0 aromatic rings. The van der Waals surface area contributed by atoms with Gasteiger partial charge in [-0.2, -0.15) is 0 Å². The smallest absolute Gasteiger partial charge is 0.0282 e. The van der Waals surface area contributed by atoms with E-state index in [2.05, 4.69) is 20.8 Å². The molecule has 0 heterocycles. The van der Waals surface area contributed by atoms with Crippen molar-refractivity contribution in [2.24, 2.45) is 17.3 Å². The van der Waals surface area contributed by atoms with Crippen LogP contribution in [-0.4, -0.2) is 5.88 Å². The summed E-state index contributed by atoms with van der Waals surface area (Å²) in [5.41, 5.74) is 0.547. The summed E-state index contributed by atoms with van der Waals surface area (Å²) in [7, 11) is 0. The normalized spacial score (nSPS) is 36.3. The van der Waals surface area contributed by atoms with Gasteiger partial charge in [0.05, 0.1) is 0 Å². The molecule has 1 rings (SSSR count). The van der Waals surface area contributed by atoms with E-state index in [1.54, 1.807) is 0 Å². The van der Waals surface area contributed by atoms with Crippen LogP contribution in [0.4, 0.5) is 0 Å². The average molecular weight is 175 g/mol. The van der Waals surface area contributed by atoms with Crippen LogP contribution in [-0.2, 0) is 0 Å². The lowest BCUT2D eigenvalue weighted by Crippen LogP contribution is -2.06. The summed E-state index contributed by atoms with van der Waals surface area (Å²) in [6, 6.07) is 0. The van der Waals surface area contributed by atoms with Crippen molar-refractivity contribution < 1.29 is 0 Å². The zero-order valence-corrected chi connectivity index (χ0v) is 8.62. The molecule has 11 heavy (non-hydrogen) atoms. The Balaban J connectivity index is 2.24. The van der Waals surface area contributed by atoms with Crippen LogP contribution in [0.3, 0.4) is 0 Å². The standard InChI is InChI=1S/C10H19Cl/c1-8(2)4-5-10(7-11)6-9(10)3/h8-9H,4-7H2,1-3H3. The second-order valence-electron chi connectivity index (χ2n) is 4.53. The van der Waals surface area contributed by atoms with Gasteiger partial charge in [0.25, 0.3) is 0 Å². The van der Waals surface area contributed by atoms with Gasteiger partial charge in [-0.15, -0.1) is 11.6 Å². The number of halogens is 1. The van der Waals surface area contributed by atoms with Gasteiger partial charge in [0, 0.05) is 5.88 Å². The van der Waals surface area contributed by atoms with Gasteiger partial charge in [0.15, 0.2) is 0 Å². The van der Waals surface area contributed by atoms with E-state index in [4.69, 9.17) is 11.6 Å². The van der Waals surface area contributed by atoms with Crippen LogP contribution in [0.1, 0.15) is 40.0 Å². The summed E-state index contributed by atoms with van der Waals surface area (Å²) < 4.78 is 0. The Morgan fingerprint density at radius 1 is 1.55 bits per heavy atom. The van der Waals surface area contributed by atoms with Crippen molar-refractivity contribution in [1.82, 2.24) is 0 Å². The molecule has 0 aromatic heterocycles. The monoisotopic (exact) mass is 174 g/mol. The van der Waals surface area contributed by atoms with E-state index in [1.165, 1.54) is 19.3 Å². The van der Waals surface area contributed by atoms with Crippen LogP contribution in [0, 0.1) is 17.3 Å². The Hall–Kier alpha value is 0.290. The predicted octanol–water partition coefficient (Wildman–Crippen LogP) is 3.69. The first-order valence-corrected chi connectivity index (χ1v) is 5.20. The summed E-state index contributed by atoms with van der Waals surface area (Å²) in [6.07, 6.45) is 4.05. The summed E-state index contributed by atoms with van der Waals surface area (Å²) in [4.78, 5) is 0. The number of alkyl halides is 1. The highest BCUT2D eigenvalue weighted by molar-refractivity contribution is 6.18. The lowest BCUT2D eigenvalue weighted by atomic mass is 9.95. The zero-order valence-electron chi connectivity index (χ0n) is 7.86.